The number of amides is 4. The van der Waals surface area contributed by atoms with Gasteiger partial charge in [-0.25, -0.2) is 9.69 Å². The zero-order valence-electron chi connectivity index (χ0n) is 17.9. The second-order valence-electron chi connectivity index (χ2n) is 7.67. The number of imide groups is 2. The van der Waals surface area contributed by atoms with Gasteiger partial charge in [-0.2, -0.15) is 0 Å². The number of aryl methyl sites for hydroxylation is 2. The van der Waals surface area contributed by atoms with Crippen LogP contribution in [0.5, 0.6) is 0 Å². The number of aromatic nitrogens is 1. The number of hydrogen-bond donors (Lipinski definition) is 1. The van der Waals surface area contributed by atoms with Crippen LogP contribution >= 0.6 is 0 Å². The summed E-state index contributed by atoms with van der Waals surface area (Å²) in [6.07, 6.45) is 1.56. The van der Waals surface area contributed by atoms with Crippen molar-refractivity contribution in [3.05, 3.63) is 88.2 Å². The van der Waals surface area contributed by atoms with Gasteiger partial charge in [0.1, 0.15) is 5.57 Å². The Labute approximate surface area is 180 Å². The average Bonchev–Trinajstić information content (AvgIpc) is 3.02. The van der Waals surface area contributed by atoms with E-state index < -0.39 is 17.8 Å². The highest BCUT2D eigenvalue weighted by Gasteiger charge is 2.37. The summed E-state index contributed by atoms with van der Waals surface area (Å²) >= 11 is 0. The van der Waals surface area contributed by atoms with Crippen molar-refractivity contribution in [2.24, 2.45) is 0 Å². The molecule has 3 aromatic rings. The number of nitrogens with zero attached hydrogens (tertiary/aromatic N) is 2. The summed E-state index contributed by atoms with van der Waals surface area (Å²) in [4.78, 5) is 39.4. The fraction of sp³-hybridized carbons (Fsp3) is 0.160. The third-order valence-corrected chi connectivity index (χ3v) is 5.70. The number of urea groups is 1. The average molecular weight is 413 g/mol. The molecule has 4 rings (SSSR count). The van der Waals surface area contributed by atoms with Crippen LogP contribution in [0.4, 0.5) is 10.5 Å². The van der Waals surface area contributed by atoms with E-state index in [4.69, 9.17) is 0 Å². The fourth-order valence-corrected chi connectivity index (χ4v) is 3.92. The van der Waals surface area contributed by atoms with Crippen molar-refractivity contribution in [2.45, 2.75) is 27.7 Å². The quantitative estimate of drug-likeness (QED) is 0.512. The Morgan fingerprint density at radius 3 is 2.29 bits per heavy atom. The molecule has 0 aliphatic carbocycles. The lowest BCUT2D eigenvalue weighted by Gasteiger charge is -2.28. The SMILES string of the molecule is Cc1cccc(N2C(=O)NC(=O)/C(=C\c3cc(C)n(-c4ccccc4)c3C)C2=O)c1C. The van der Waals surface area contributed by atoms with Crippen LogP contribution in [0.1, 0.15) is 28.1 Å². The number of anilines is 1. The van der Waals surface area contributed by atoms with E-state index in [2.05, 4.69) is 9.88 Å². The first-order chi connectivity index (χ1) is 14.8. The maximum Gasteiger partial charge on any atom is 0.335 e. The number of rotatable bonds is 3. The zero-order chi connectivity index (χ0) is 22.3. The molecule has 1 fully saturated rings. The first kappa shape index (κ1) is 20.3. The van der Waals surface area contributed by atoms with E-state index in [9.17, 15) is 14.4 Å². The van der Waals surface area contributed by atoms with Gasteiger partial charge >= 0.3 is 6.03 Å². The molecule has 2 aromatic carbocycles. The lowest BCUT2D eigenvalue weighted by atomic mass is 10.0. The molecule has 6 heteroatoms. The van der Waals surface area contributed by atoms with E-state index >= 15 is 0 Å². The van der Waals surface area contributed by atoms with Gasteiger partial charge in [-0.1, -0.05) is 30.3 Å². The molecule has 1 saturated heterocycles. The van der Waals surface area contributed by atoms with Crippen LogP contribution in [-0.4, -0.2) is 22.4 Å². The van der Waals surface area contributed by atoms with E-state index in [1.807, 2.05) is 70.2 Å². The van der Waals surface area contributed by atoms with Gasteiger partial charge < -0.3 is 4.57 Å². The van der Waals surface area contributed by atoms with Crippen LogP contribution in [0.25, 0.3) is 11.8 Å². The topological polar surface area (TPSA) is 71.4 Å². The van der Waals surface area contributed by atoms with E-state index in [0.717, 1.165) is 38.7 Å². The Morgan fingerprint density at radius 1 is 0.871 bits per heavy atom. The van der Waals surface area contributed by atoms with Crippen LogP contribution in [0.15, 0.2) is 60.2 Å². The summed E-state index contributed by atoms with van der Waals surface area (Å²) in [7, 11) is 0. The van der Waals surface area contributed by atoms with Crippen LogP contribution in [0.2, 0.25) is 0 Å². The molecule has 2 heterocycles. The maximum absolute atomic E-state index is 13.3. The number of carbonyl (C=O) groups excluding carboxylic acids is 3. The molecule has 1 aliphatic heterocycles. The second-order valence-corrected chi connectivity index (χ2v) is 7.67. The van der Waals surface area contributed by atoms with Gasteiger partial charge in [-0.15, -0.1) is 0 Å². The minimum Gasteiger partial charge on any atom is -0.318 e. The monoisotopic (exact) mass is 413 g/mol. The predicted molar refractivity (Wildman–Crippen MR) is 120 cm³/mol. The Balaban J connectivity index is 1.79. The smallest absolute Gasteiger partial charge is 0.318 e. The van der Waals surface area contributed by atoms with Crippen molar-refractivity contribution in [1.82, 2.24) is 9.88 Å². The molecule has 31 heavy (non-hydrogen) atoms. The van der Waals surface area contributed by atoms with Crippen molar-refractivity contribution in [3.8, 4) is 5.69 Å². The third-order valence-electron chi connectivity index (χ3n) is 5.70. The molecule has 0 atom stereocenters. The van der Waals surface area contributed by atoms with Crippen molar-refractivity contribution < 1.29 is 14.4 Å². The molecule has 4 amide bonds. The lowest BCUT2D eigenvalue weighted by Crippen LogP contribution is -2.54. The predicted octanol–water partition coefficient (Wildman–Crippen LogP) is 4.38. The van der Waals surface area contributed by atoms with Gasteiger partial charge in [0.25, 0.3) is 11.8 Å². The first-order valence-electron chi connectivity index (χ1n) is 10.0. The van der Waals surface area contributed by atoms with Gasteiger partial charge in [-0.3, -0.25) is 14.9 Å². The molecule has 0 unspecified atom stereocenters. The van der Waals surface area contributed by atoms with Gasteiger partial charge in [0.05, 0.1) is 5.69 Å². The Bertz CT molecular complexity index is 1250. The highest BCUT2D eigenvalue weighted by Crippen LogP contribution is 2.28. The Kier molecular flexibility index (Phi) is 5.07. The van der Waals surface area contributed by atoms with Gasteiger partial charge in [0, 0.05) is 17.1 Å². The first-order valence-corrected chi connectivity index (χ1v) is 10.0. The normalized spacial score (nSPS) is 15.5. The number of carbonyl (C=O) groups is 3. The lowest BCUT2D eigenvalue weighted by molar-refractivity contribution is -0.122. The molecule has 1 aromatic heterocycles. The van der Waals surface area contributed by atoms with E-state index in [1.165, 1.54) is 0 Å². The van der Waals surface area contributed by atoms with Crippen LogP contribution in [0.3, 0.4) is 0 Å². The number of benzene rings is 2. The number of hydrogen-bond acceptors (Lipinski definition) is 3. The summed E-state index contributed by atoms with van der Waals surface area (Å²) in [6, 6.07) is 16.4. The number of para-hydroxylation sites is 1. The maximum atomic E-state index is 13.3. The second kappa shape index (κ2) is 7.72. The molecule has 0 spiro atoms. The molecule has 156 valence electrons. The molecule has 0 bridgehead atoms. The van der Waals surface area contributed by atoms with Crippen molar-refractivity contribution in [1.29, 1.82) is 0 Å². The third kappa shape index (κ3) is 3.46. The molecule has 6 nitrogen and oxygen atoms in total. The minimum atomic E-state index is -0.740. The van der Waals surface area contributed by atoms with Crippen molar-refractivity contribution in [2.75, 3.05) is 4.90 Å². The van der Waals surface area contributed by atoms with Crippen molar-refractivity contribution >= 4 is 29.6 Å². The van der Waals surface area contributed by atoms with Crippen molar-refractivity contribution in [3.63, 3.8) is 0 Å². The summed E-state index contributed by atoms with van der Waals surface area (Å²) in [5.41, 5.74) is 5.76. The molecular formula is C25H23N3O3. The van der Waals surface area contributed by atoms with E-state index in [0.29, 0.717) is 5.69 Å². The Hall–Kier alpha value is -3.93. The highest BCUT2D eigenvalue weighted by atomic mass is 16.2. The van der Waals surface area contributed by atoms with E-state index in [1.54, 1.807) is 18.2 Å². The summed E-state index contributed by atoms with van der Waals surface area (Å²) in [5, 5.41) is 2.30. The molecular weight excluding hydrogens is 390 g/mol. The standard InChI is InChI=1S/C25H23N3O3/c1-15-9-8-12-22(17(15)3)28-24(30)21(23(29)26-25(28)31)14-19-13-16(2)27(18(19)4)20-10-6-5-7-11-20/h5-14H,1-4H3,(H,26,29,31)/b21-14+. The molecule has 1 aliphatic rings. The van der Waals surface area contributed by atoms with Gasteiger partial charge in [-0.05, 0) is 74.7 Å². The van der Waals surface area contributed by atoms with Gasteiger partial charge in [0.15, 0.2) is 0 Å². The van der Waals surface area contributed by atoms with Crippen LogP contribution in [-0.2, 0) is 9.59 Å². The van der Waals surface area contributed by atoms with Crippen LogP contribution < -0.4 is 10.2 Å². The number of barbiturate groups is 1. The number of nitrogens with one attached hydrogen (secondary N) is 1. The Morgan fingerprint density at radius 2 is 1.58 bits per heavy atom. The summed E-state index contributed by atoms with van der Waals surface area (Å²) in [6.45, 7) is 7.66. The summed E-state index contributed by atoms with van der Waals surface area (Å²) in [5.74, 6) is -1.33. The van der Waals surface area contributed by atoms with Crippen LogP contribution in [0, 0.1) is 27.7 Å². The van der Waals surface area contributed by atoms with Gasteiger partial charge in [0.2, 0.25) is 0 Å². The minimum absolute atomic E-state index is 0.0752. The molecule has 0 radical (unpaired) electrons. The largest absolute Gasteiger partial charge is 0.335 e. The van der Waals surface area contributed by atoms with E-state index in [-0.39, 0.29) is 5.57 Å². The summed E-state index contributed by atoms with van der Waals surface area (Å²) < 4.78 is 2.06. The molecule has 0 saturated carbocycles. The fourth-order valence-electron chi connectivity index (χ4n) is 3.92. The molecule has 1 N–H and O–H groups in total. The highest BCUT2D eigenvalue weighted by molar-refractivity contribution is 6.39. The zero-order valence-corrected chi connectivity index (χ0v) is 17.9.